The highest BCUT2D eigenvalue weighted by Crippen LogP contribution is 1.94. The first-order valence-electron chi connectivity index (χ1n) is 2.62. The topological polar surface area (TPSA) is 61.4 Å². The summed E-state index contributed by atoms with van der Waals surface area (Å²) in [5, 5.41) is 13.5. The number of carbonyl (C=O) groups excluding carboxylic acids is 1. The minimum absolute atomic E-state index is 0.235. The van der Waals surface area contributed by atoms with Gasteiger partial charge in [-0.2, -0.15) is 0 Å². The zero-order valence-corrected chi connectivity index (χ0v) is 5.01. The lowest BCUT2D eigenvalue weighted by molar-refractivity contribution is -0.121. The van der Waals surface area contributed by atoms with Gasteiger partial charge in [-0.25, -0.2) is 0 Å². The molecule has 0 aromatic heterocycles. The molecule has 1 atom stereocenters. The number of amides is 1. The van der Waals surface area contributed by atoms with Crippen molar-refractivity contribution in [3.63, 3.8) is 0 Å². The van der Waals surface area contributed by atoms with Gasteiger partial charge in [0.05, 0.1) is 0 Å². The van der Waals surface area contributed by atoms with Crippen LogP contribution in [0.2, 0.25) is 0 Å². The third-order valence-corrected chi connectivity index (χ3v) is 1.08. The van der Waals surface area contributed by atoms with Crippen LogP contribution in [0.4, 0.5) is 0 Å². The number of aliphatic hydroxyl groups excluding tert-OH is 1. The number of aliphatic hydroxyl groups is 1. The van der Waals surface area contributed by atoms with Crippen LogP contribution in [0.3, 0.4) is 0 Å². The van der Waals surface area contributed by atoms with Gasteiger partial charge in [0.1, 0.15) is 0 Å². The average molecular weight is 128 g/mol. The van der Waals surface area contributed by atoms with Crippen molar-refractivity contribution in [2.24, 2.45) is 0 Å². The summed E-state index contributed by atoms with van der Waals surface area (Å²) in [6.45, 7) is 1.66. The summed E-state index contributed by atoms with van der Waals surface area (Å²) >= 11 is 0. The van der Waals surface area contributed by atoms with E-state index >= 15 is 0 Å². The molecule has 0 fully saturated rings. The highest BCUT2D eigenvalue weighted by molar-refractivity contribution is 5.93. The third-order valence-electron chi connectivity index (χ3n) is 1.08. The third kappa shape index (κ3) is 1.20. The molecule has 0 unspecified atom stereocenters. The molecule has 0 bridgehead atoms. The first-order valence-corrected chi connectivity index (χ1v) is 2.62. The van der Waals surface area contributed by atoms with Gasteiger partial charge in [-0.05, 0) is 6.92 Å². The van der Waals surface area contributed by atoms with E-state index < -0.39 is 6.35 Å². The average Bonchev–Trinajstić information content (AvgIpc) is 1.80. The summed E-state index contributed by atoms with van der Waals surface area (Å²) in [6, 6.07) is 0. The lowest BCUT2D eigenvalue weighted by Crippen LogP contribution is -2.47. The zero-order valence-electron chi connectivity index (χ0n) is 5.01. The van der Waals surface area contributed by atoms with Crippen molar-refractivity contribution in [1.29, 1.82) is 0 Å². The van der Waals surface area contributed by atoms with E-state index in [1.807, 2.05) is 0 Å². The molecule has 9 heavy (non-hydrogen) atoms. The van der Waals surface area contributed by atoms with Crippen molar-refractivity contribution in [1.82, 2.24) is 10.6 Å². The van der Waals surface area contributed by atoms with Crippen molar-refractivity contribution in [2.45, 2.75) is 13.3 Å². The molecule has 1 aliphatic rings. The Morgan fingerprint density at radius 3 is 2.89 bits per heavy atom. The van der Waals surface area contributed by atoms with Gasteiger partial charge in [-0.15, -0.1) is 0 Å². The van der Waals surface area contributed by atoms with Crippen LogP contribution >= 0.6 is 0 Å². The molecule has 50 valence electrons. The Bertz CT molecular complexity index is 164. The predicted octanol–water partition coefficient (Wildman–Crippen LogP) is -1.11. The Morgan fingerprint density at radius 2 is 2.44 bits per heavy atom. The monoisotopic (exact) mass is 128 g/mol. The second-order valence-electron chi connectivity index (χ2n) is 1.87. The molecule has 0 radical (unpaired) electrons. The van der Waals surface area contributed by atoms with Crippen molar-refractivity contribution < 1.29 is 9.90 Å². The van der Waals surface area contributed by atoms with E-state index in [0.717, 1.165) is 0 Å². The van der Waals surface area contributed by atoms with Crippen LogP contribution in [0.25, 0.3) is 0 Å². The SMILES string of the molecule is CC1=CN[C@@H](O)NC1=O. The van der Waals surface area contributed by atoms with E-state index in [-0.39, 0.29) is 5.91 Å². The minimum atomic E-state index is -0.929. The molecular formula is C5H8N2O2. The normalized spacial score (nSPS) is 26.2. The molecule has 4 nitrogen and oxygen atoms in total. The predicted molar refractivity (Wildman–Crippen MR) is 31.0 cm³/mol. The van der Waals surface area contributed by atoms with Crippen molar-refractivity contribution >= 4 is 5.91 Å². The summed E-state index contributed by atoms with van der Waals surface area (Å²) < 4.78 is 0. The van der Waals surface area contributed by atoms with Gasteiger partial charge in [-0.1, -0.05) is 0 Å². The largest absolute Gasteiger partial charge is 0.356 e. The smallest absolute Gasteiger partial charge is 0.251 e. The number of hydrogen-bond donors (Lipinski definition) is 3. The van der Waals surface area contributed by atoms with Gasteiger partial charge in [0.15, 0.2) is 0 Å². The molecule has 0 aromatic rings. The lowest BCUT2D eigenvalue weighted by Gasteiger charge is -2.17. The molecule has 4 heteroatoms. The van der Waals surface area contributed by atoms with Crippen molar-refractivity contribution in [3.8, 4) is 0 Å². The molecule has 3 N–H and O–H groups in total. The molecule has 0 aliphatic carbocycles. The fraction of sp³-hybridized carbons (Fsp3) is 0.400. The fourth-order valence-electron chi connectivity index (χ4n) is 0.549. The number of carbonyl (C=O) groups is 1. The highest BCUT2D eigenvalue weighted by Gasteiger charge is 2.13. The molecule has 1 amide bonds. The maximum atomic E-state index is 10.6. The molecule has 1 heterocycles. The van der Waals surface area contributed by atoms with Gasteiger partial charge < -0.3 is 15.7 Å². The van der Waals surface area contributed by atoms with Gasteiger partial charge in [-0.3, -0.25) is 4.79 Å². The van der Waals surface area contributed by atoms with E-state index in [0.29, 0.717) is 5.57 Å². The lowest BCUT2D eigenvalue weighted by atomic mass is 10.3. The van der Waals surface area contributed by atoms with Crippen LogP contribution in [0.15, 0.2) is 11.8 Å². The second kappa shape index (κ2) is 2.06. The Hall–Kier alpha value is -1.03. The summed E-state index contributed by atoms with van der Waals surface area (Å²) in [5.41, 5.74) is 0.570. The van der Waals surface area contributed by atoms with E-state index in [1.54, 1.807) is 6.92 Å². The Morgan fingerprint density at radius 1 is 1.78 bits per heavy atom. The molecule has 0 saturated carbocycles. The van der Waals surface area contributed by atoms with Crippen LogP contribution < -0.4 is 10.6 Å². The summed E-state index contributed by atoms with van der Waals surface area (Å²) in [7, 11) is 0. The first kappa shape index (κ1) is 6.10. The van der Waals surface area contributed by atoms with Crippen LogP contribution in [0.5, 0.6) is 0 Å². The van der Waals surface area contributed by atoms with Gasteiger partial charge in [0, 0.05) is 11.8 Å². The van der Waals surface area contributed by atoms with Gasteiger partial charge >= 0.3 is 0 Å². The van der Waals surface area contributed by atoms with Crippen LogP contribution in [0, 0.1) is 0 Å². The summed E-state index contributed by atoms with van der Waals surface area (Å²) in [5.74, 6) is -0.235. The van der Waals surface area contributed by atoms with Crippen LogP contribution in [0.1, 0.15) is 6.92 Å². The molecule has 0 aromatic carbocycles. The maximum absolute atomic E-state index is 10.6. The summed E-state index contributed by atoms with van der Waals surface area (Å²) in [6.07, 6.45) is 0.546. The standard InChI is InChI=1S/C5H8N2O2/c1-3-2-6-5(9)7-4(3)8/h2,5-6,9H,1H3,(H,7,8)/t5-/m1/s1. The van der Waals surface area contributed by atoms with Crippen molar-refractivity contribution in [3.05, 3.63) is 11.8 Å². The highest BCUT2D eigenvalue weighted by atomic mass is 16.3. The minimum Gasteiger partial charge on any atom is -0.356 e. The van der Waals surface area contributed by atoms with Gasteiger partial charge in [0.2, 0.25) is 6.35 Å². The fourth-order valence-corrected chi connectivity index (χ4v) is 0.549. The molecule has 1 rings (SSSR count). The van der Waals surface area contributed by atoms with Crippen LogP contribution in [-0.4, -0.2) is 17.4 Å². The summed E-state index contributed by atoms with van der Waals surface area (Å²) in [4.78, 5) is 10.6. The molecular weight excluding hydrogens is 120 g/mol. The Kier molecular flexibility index (Phi) is 1.40. The van der Waals surface area contributed by atoms with Crippen molar-refractivity contribution in [2.75, 3.05) is 0 Å². The Labute approximate surface area is 52.6 Å². The number of rotatable bonds is 0. The first-order chi connectivity index (χ1) is 4.20. The van der Waals surface area contributed by atoms with E-state index in [4.69, 9.17) is 5.11 Å². The van der Waals surface area contributed by atoms with Gasteiger partial charge in [0.25, 0.3) is 5.91 Å². The van der Waals surface area contributed by atoms with Crippen LogP contribution in [-0.2, 0) is 4.79 Å². The quantitative estimate of drug-likeness (QED) is 0.387. The zero-order chi connectivity index (χ0) is 6.85. The van der Waals surface area contributed by atoms with E-state index in [2.05, 4.69) is 10.6 Å². The number of hydrogen-bond acceptors (Lipinski definition) is 3. The number of nitrogens with one attached hydrogen (secondary N) is 2. The molecule has 0 saturated heterocycles. The molecule has 1 aliphatic heterocycles. The maximum Gasteiger partial charge on any atom is 0.251 e. The molecule has 0 spiro atoms. The van der Waals surface area contributed by atoms with E-state index in [1.165, 1.54) is 6.20 Å². The van der Waals surface area contributed by atoms with E-state index in [9.17, 15) is 4.79 Å². The second-order valence-corrected chi connectivity index (χ2v) is 1.87. The Balaban J connectivity index is 2.68.